The van der Waals surface area contributed by atoms with Crippen molar-refractivity contribution in [2.75, 3.05) is 18.9 Å². The summed E-state index contributed by atoms with van der Waals surface area (Å²) >= 11 is 0. The number of fused-ring (bicyclic) bond motifs is 1. The Morgan fingerprint density at radius 3 is 2.94 bits per heavy atom. The molecule has 2 N–H and O–H groups in total. The summed E-state index contributed by atoms with van der Waals surface area (Å²) in [6.45, 7) is 4.54. The average molecular weight is 218 g/mol. The van der Waals surface area contributed by atoms with Crippen molar-refractivity contribution in [3.8, 4) is 0 Å². The van der Waals surface area contributed by atoms with Gasteiger partial charge in [-0.15, -0.1) is 0 Å². The van der Waals surface area contributed by atoms with Gasteiger partial charge in [-0.25, -0.2) is 0 Å². The molecule has 0 atom stereocenters. The quantitative estimate of drug-likeness (QED) is 0.619. The van der Waals surface area contributed by atoms with Gasteiger partial charge in [0.25, 0.3) is 0 Å². The molecule has 16 heavy (non-hydrogen) atoms. The maximum Gasteiger partial charge on any atom is 0.0714 e. The van der Waals surface area contributed by atoms with Crippen LogP contribution in [0.1, 0.15) is 13.3 Å². The van der Waals surface area contributed by atoms with Crippen molar-refractivity contribution >= 4 is 16.6 Å². The molecule has 0 bridgehead atoms. The molecule has 0 unspecified atom stereocenters. The Labute approximate surface area is 95.8 Å². The number of aromatic nitrogens is 1. The fourth-order valence-electron chi connectivity index (χ4n) is 1.89. The van der Waals surface area contributed by atoms with Crippen molar-refractivity contribution in [1.82, 2.24) is 4.57 Å². The minimum atomic E-state index is 0.742. The van der Waals surface area contributed by atoms with E-state index in [1.54, 1.807) is 0 Å². The lowest BCUT2D eigenvalue weighted by Crippen LogP contribution is -2.06. The molecule has 0 amide bonds. The van der Waals surface area contributed by atoms with Crippen LogP contribution in [0.3, 0.4) is 0 Å². The molecule has 0 aliphatic carbocycles. The van der Waals surface area contributed by atoms with Gasteiger partial charge in [0, 0.05) is 24.7 Å². The minimum Gasteiger partial charge on any atom is -0.397 e. The van der Waals surface area contributed by atoms with Crippen LogP contribution in [0.2, 0.25) is 0 Å². The summed E-state index contributed by atoms with van der Waals surface area (Å²) in [6.07, 6.45) is 3.13. The number of ether oxygens (including phenoxy) is 1. The lowest BCUT2D eigenvalue weighted by Gasteiger charge is -2.07. The monoisotopic (exact) mass is 218 g/mol. The normalized spacial score (nSPS) is 11.1. The molecule has 2 rings (SSSR count). The first-order chi connectivity index (χ1) is 7.83. The molecule has 0 aliphatic heterocycles. The Kier molecular flexibility index (Phi) is 3.47. The summed E-state index contributed by atoms with van der Waals surface area (Å²) in [4.78, 5) is 0. The number of hydrogen-bond acceptors (Lipinski definition) is 2. The first-order valence-electron chi connectivity index (χ1n) is 5.74. The predicted molar refractivity (Wildman–Crippen MR) is 67.5 cm³/mol. The molecule has 1 heterocycles. The molecule has 0 spiro atoms. The highest BCUT2D eigenvalue weighted by molar-refractivity contribution is 5.90. The van der Waals surface area contributed by atoms with Gasteiger partial charge >= 0.3 is 0 Å². The van der Waals surface area contributed by atoms with E-state index in [9.17, 15) is 0 Å². The third-order valence-electron chi connectivity index (χ3n) is 2.64. The van der Waals surface area contributed by atoms with Crippen molar-refractivity contribution in [2.45, 2.75) is 19.9 Å². The second-order valence-corrected chi connectivity index (χ2v) is 3.91. The molecule has 0 saturated heterocycles. The van der Waals surface area contributed by atoms with E-state index in [0.717, 1.165) is 37.4 Å². The van der Waals surface area contributed by atoms with Crippen molar-refractivity contribution in [3.05, 3.63) is 30.5 Å². The van der Waals surface area contributed by atoms with Gasteiger partial charge < -0.3 is 15.0 Å². The highest BCUT2D eigenvalue weighted by Gasteiger charge is 2.03. The van der Waals surface area contributed by atoms with Gasteiger partial charge in [-0.2, -0.15) is 0 Å². The fraction of sp³-hybridized carbons (Fsp3) is 0.385. The number of benzene rings is 1. The molecule has 0 aliphatic rings. The summed E-state index contributed by atoms with van der Waals surface area (Å²) in [5.74, 6) is 0. The molecular weight excluding hydrogens is 200 g/mol. The van der Waals surface area contributed by atoms with Gasteiger partial charge in [-0.05, 0) is 18.6 Å². The summed E-state index contributed by atoms with van der Waals surface area (Å²) < 4.78 is 7.64. The molecule has 3 nitrogen and oxygen atoms in total. The van der Waals surface area contributed by atoms with Gasteiger partial charge in [0.2, 0.25) is 0 Å². The van der Waals surface area contributed by atoms with E-state index in [4.69, 9.17) is 10.5 Å². The lowest BCUT2D eigenvalue weighted by molar-refractivity contribution is 0.127. The molecule has 2 aromatic rings. The van der Waals surface area contributed by atoms with Crippen LogP contribution in [0.15, 0.2) is 30.5 Å². The molecule has 0 fully saturated rings. The topological polar surface area (TPSA) is 40.2 Å². The van der Waals surface area contributed by atoms with E-state index < -0.39 is 0 Å². The van der Waals surface area contributed by atoms with Crippen LogP contribution in [-0.2, 0) is 11.3 Å². The Balaban J connectivity index is 2.12. The molecule has 0 saturated carbocycles. The number of hydrogen-bond donors (Lipinski definition) is 1. The summed E-state index contributed by atoms with van der Waals surface area (Å²) in [5, 5.41) is 1.19. The Hall–Kier alpha value is -1.48. The number of nitrogens with zero attached hydrogens (tertiary/aromatic N) is 1. The number of rotatable bonds is 5. The smallest absolute Gasteiger partial charge is 0.0714 e. The van der Waals surface area contributed by atoms with Crippen LogP contribution in [0.5, 0.6) is 0 Å². The Morgan fingerprint density at radius 1 is 1.25 bits per heavy atom. The minimum absolute atomic E-state index is 0.742. The van der Waals surface area contributed by atoms with Gasteiger partial charge in [-0.3, -0.25) is 0 Å². The van der Waals surface area contributed by atoms with Gasteiger partial charge in [0.15, 0.2) is 0 Å². The molecule has 3 heteroatoms. The fourth-order valence-corrected chi connectivity index (χ4v) is 1.89. The largest absolute Gasteiger partial charge is 0.397 e. The van der Waals surface area contributed by atoms with E-state index in [2.05, 4.69) is 29.8 Å². The summed E-state index contributed by atoms with van der Waals surface area (Å²) in [5.41, 5.74) is 7.92. The van der Waals surface area contributed by atoms with E-state index in [1.807, 2.05) is 12.1 Å². The van der Waals surface area contributed by atoms with Crippen molar-refractivity contribution in [1.29, 1.82) is 0 Å². The van der Waals surface area contributed by atoms with Crippen LogP contribution in [-0.4, -0.2) is 17.8 Å². The van der Waals surface area contributed by atoms with Crippen LogP contribution in [0.25, 0.3) is 10.9 Å². The first-order valence-corrected chi connectivity index (χ1v) is 5.74. The van der Waals surface area contributed by atoms with Crippen molar-refractivity contribution < 1.29 is 4.74 Å². The number of para-hydroxylation sites is 1. The molecule has 0 radical (unpaired) electrons. The predicted octanol–water partition coefficient (Wildman–Crippen LogP) is 2.65. The van der Waals surface area contributed by atoms with E-state index in [1.165, 1.54) is 5.39 Å². The number of anilines is 1. The van der Waals surface area contributed by atoms with Crippen LogP contribution in [0, 0.1) is 0 Å². The number of nitrogens with two attached hydrogens (primary N) is 1. The highest BCUT2D eigenvalue weighted by atomic mass is 16.5. The Morgan fingerprint density at radius 2 is 2.12 bits per heavy atom. The molecule has 1 aromatic heterocycles. The second kappa shape index (κ2) is 5.03. The van der Waals surface area contributed by atoms with Gasteiger partial charge in [0.1, 0.15) is 0 Å². The standard InChI is InChI=1S/C13H18N2O/c1-2-9-16-10-8-15-7-6-11-4-3-5-12(14)13(11)15/h3-7H,2,8-10,14H2,1H3. The van der Waals surface area contributed by atoms with E-state index in [-0.39, 0.29) is 0 Å². The van der Waals surface area contributed by atoms with E-state index >= 15 is 0 Å². The molecular formula is C13H18N2O. The zero-order chi connectivity index (χ0) is 11.4. The van der Waals surface area contributed by atoms with Crippen molar-refractivity contribution in [2.24, 2.45) is 0 Å². The van der Waals surface area contributed by atoms with Crippen LogP contribution >= 0.6 is 0 Å². The molecule has 86 valence electrons. The van der Waals surface area contributed by atoms with Gasteiger partial charge in [-0.1, -0.05) is 19.1 Å². The van der Waals surface area contributed by atoms with Crippen LogP contribution in [0.4, 0.5) is 5.69 Å². The Bertz CT molecular complexity index is 462. The second-order valence-electron chi connectivity index (χ2n) is 3.91. The summed E-state index contributed by atoms with van der Waals surface area (Å²) in [7, 11) is 0. The van der Waals surface area contributed by atoms with E-state index in [0.29, 0.717) is 0 Å². The van der Waals surface area contributed by atoms with Crippen LogP contribution < -0.4 is 5.73 Å². The molecule has 1 aromatic carbocycles. The zero-order valence-electron chi connectivity index (χ0n) is 9.65. The summed E-state index contributed by atoms with van der Waals surface area (Å²) in [6, 6.07) is 8.09. The van der Waals surface area contributed by atoms with Gasteiger partial charge in [0.05, 0.1) is 17.8 Å². The zero-order valence-corrected chi connectivity index (χ0v) is 9.65. The SMILES string of the molecule is CCCOCCn1ccc2cccc(N)c21. The third kappa shape index (κ3) is 2.19. The maximum atomic E-state index is 5.97. The highest BCUT2D eigenvalue weighted by Crippen LogP contribution is 2.21. The average Bonchev–Trinajstić information content (AvgIpc) is 2.69. The lowest BCUT2D eigenvalue weighted by atomic mass is 10.2. The van der Waals surface area contributed by atoms with Crippen molar-refractivity contribution in [3.63, 3.8) is 0 Å². The maximum absolute atomic E-state index is 5.97. The number of nitrogen functional groups attached to an aromatic ring is 1. The first kappa shape index (κ1) is 11.0. The third-order valence-corrected chi connectivity index (χ3v) is 2.64.